The van der Waals surface area contributed by atoms with Crippen molar-refractivity contribution in [2.24, 2.45) is 7.05 Å². The first kappa shape index (κ1) is 18.2. The molecule has 1 atom stereocenters. The van der Waals surface area contributed by atoms with E-state index in [2.05, 4.69) is 45.3 Å². The zero-order valence-electron chi connectivity index (χ0n) is 15.6. The molecule has 0 radical (unpaired) electrons. The number of aromatic nitrogens is 2. The van der Waals surface area contributed by atoms with Crippen molar-refractivity contribution in [1.29, 1.82) is 0 Å². The molecule has 1 aliphatic heterocycles. The van der Waals surface area contributed by atoms with Crippen LogP contribution in [0, 0.1) is 13.8 Å². The molecule has 2 heterocycles. The summed E-state index contributed by atoms with van der Waals surface area (Å²) in [4.78, 5) is 26.6. The van der Waals surface area contributed by atoms with Crippen molar-refractivity contribution in [2.45, 2.75) is 52.0 Å². The molecule has 2 fully saturated rings. The number of hydrogen-bond acceptors (Lipinski definition) is 4. The van der Waals surface area contributed by atoms with Gasteiger partial charge >= 0.3 is 0 Å². The van der Waals surface area contributed by atoms with Crippen LogP contribution in [0.4, 0.5) is 0 Å². The van der Waals surface area contributed by atoms with Crippen LogP contribution in [0.5, 0.6) is 0 Å². The number of aryl methyl sites for hydroxylation is 3. The van der Waals surface area contributed by atoms with Gasteiger partial charge < -0.3 is 9.88 Å². The zero-order valence-corrected chi connectivity index (χ0v) is 15.6. The monoisotopic (exact) mass is 354 g/mol. The number of rotatable bonds is 2. The average molecular weight is 354 g/mol. The van der Waals surface area contributed by atoms with Crippen LogP contribution in [0.25, 0.3) is 11.0 Å². The fraction of sp³-hybridized carbons (Fsp3) is 0.450. The van der Waals surface area contributed by atoms with Crippen molar-refractivity contribution in [3.63, 3.8) is 0 Å². The number of nitrogens with zero attached hydrogens (tertiary/aromatic N) is 2. The Morgan fingerprint density at radius 3 is 2.62 bits per heavy atom. The summed E-state index contributed by atoms with van der Waals surface area (Å²) in [6, 6.07) is 6.04. The summed E-state index contributed by atoms with van der Waals surface area (Å²) in [6.45, 7) is 4.12. The number of hydrogen-bond donors (Lipinski definition) is 2. The van der Waals surface area contributed by atoms with E-state index in [9.17, 15) is 9.59 Å². The Hall–Kier alpha value is -2.63. The van der Waals surface area contributed by atoms with Crippen molar-refractivity contribution in [3.05, 3.63) is 41.4 Å². The summed E-state index contributed by atoms with van der Waals surface area (Å²) in [5, 5.41) is 5.39. The van der Waals surface area contributed by atoms with Crippen molar-refractivity contribution < 1.29 is 9.59 Å². The molecule has 2 aromatic rings. The maximum atomic E-state index is 11.3. The smallest absolute Gasteiger partial charge is 0.249 e. The second kappa shape index (κ2) is 7.72. The highest BCUT2D eigenvalue weighted by molar-refractivity contribution is 6.00. The topological polar surface area (TPSA) is 76.0 Å². The molecule has 1 saturated carbocycles. The molecule has 0 spiro atoms. The van der Waals surface area contributed by atoms with E-state index >= 15 is 0 Å². The maximum absolute atomic E-state index is 11.3. The standard InChI is InChI=1S/C10H14N2O2.C10H12N2/c13-9-5-4-8(10(14)12-9)11-6-7-2-1-3-7;1-7-5-4-6-9-10(7)11-8(2)12(9)3/h6,8,11H,1-5H2,(H,12,13,14);4-6H,1-3H3. The first-order valence-electron chi connectivity index (χ1n) is 9.12. The van der Waals surface area contributed by atoms with Gasteiger partial charge in [-0.1, -0.05) is 17.7 Å². The quantitative estimate of drug-likeness (QED) is 0.813. The molecule has 2 aliphatic rings. The summed E-state index contributed by atoms with van der Waals surface area (Å²) in [5.74, 6) is 0.709. The normalized spacial score (nSPS) is 19.3. The van der Waals surface area contributed by atoms with Crippen LogP contribution in [0.15, 0.2) is 30.0 Å². The van der Waals surface area contributed by atoms with Gasteiger partial charge in [-0.05, 0) is 57.4 Å². The van der Waals surface area contributed by atoms with E-state index in [4.69, 9.17) is 0 Å². The van der Waals surface area contributed by atoms with E-state index in [1.165, 1.54) is 23.1 Å². The fourth-order valence-electron chi connectivity index (χ4n) is 3.07. The summed E-state index contributed by atoms with van der Waals surface area (Å²) in [7, 11) is 2.05. The average Bonchev–Trinajstić information content (AvgIpc) is 2.85. The molecule has 138 valence electrons. The molecule has 6 heteroatoms. The highest BCUT2D eigenvalue weighted by Crippen LogP contribution is 2.24. The Morgan fingerprint density at radius 2 is 2.00 bits per heavy atom. The van der Waals surface area contributed by atoms with Gasteiger partial charge in [-0.15, -0.1) is 0 Å². The number of piperidine rings is 1. The number of imidazole rings is 1. The molecule has 2 amide bonds. The summed E-state index contributed by atoms with van der Waals surface area (Å²) >= 11 is 0. The third-order valence-electron chi connectivity index (χ3n) is 5.06. The number of carbonyl (C=O) groups is 2. The number of imide groups is 1. The molecule has 2 N–H and O–H groups in total. The van der Waals surface area contributed by atoms with Gasteiger partial charge in [-0.2, -0.15) is 0 Å². The van der Waals surface area contributed by atoms with E-state index in [-0.39, 0.29) is 17.9 Å². The minimum Gasteiger partial charge on any atom is -0.380 e. The highest BCUT2D eigenvalue weighted by atomic mass is 16.2. The van der Waals surface area contributed by atoms with Gasteiger partial charge in [0, 0.05) is 13.5 Å². The maximum Gasteiger partial charge on any atom is 0.249 e. The van der Waals surface area contributed by atoms with Gasteiger partial charge in [-0.25, -0.2) is 4.98 Å². The lowest BCUT2D eigenvalue weighted by Crippen LogP contribution is -2.49. The Bertz CT molecular complexity index is 860. The Kier molecular flexibility index (Phi) is 5.40. The second-order valence-corrected chi connectivity index (χ2v) is 6.99. The van der Waals surface area contributed by atoms with Gasteiger partial charge in [0.25, 0.3) is 0 Å². The molecule has 1 unspecified atom stereocenters. The molecule has 6 nitrogen and oxygen atoms in total. The molecule has 4 rings (SSSR count). The van der Waals surface area contributed by atoms with E-state index in [1.807, 2.05) is 20.2 Å². The number of fused-ring (bicyclic) bond motifs is 1. The number of para-hydroxylation sites is 1. The number of carbonyl (C=O) groups excluding carboxylic acids is 2. The molecular weight excluding hydrogens is 328 g/mol. The van der Waals surface area contributed by atoms with Crippen molar-refractivity contribution in [3.8, 4) is 0 Å². The van der Waals surface area contributed by atoms with Crippen molar-refractivity contribution in [1.82, 2.24) is 20.2 Å². The molecule has 1 saturated heterocycles. The molecule has 1 aliphatic carbocycles. The summed E-state index contributed by atoms with van der Waals surface area (Å²) in [6.07, 6.45) is 6.51. The number of benzene rings is 1. The lowest BCUT2D eigenvalue weighted by molar-refractivity contribution is -0.134. The molecule has 0 bridgehead atoms. The minimum atomic E-state index is -0.221. The number of allylic oxidation sites excluding steroid dienone is 1. The van der Waals surface area contributed by atoms with Crippen LogP contribution in [-0.4, -0.2) is 27.4 Å². The Morgan fingerprint density at radius 1 is 1.23 bits per heavy atom. The van der Waals surface area contributed by atoms with Gasteiger partial charge in [0.15, 0.2) is 0 Å². The van der Waals surface area contributed by atoms with Crippen LogP contribution in [-0.2, 0) is 16.6 Å². The van der Waals surface area contributed by atoms with E-state index in [1.54, 1.807) is 0 Å². The molecule has 1 aromatic carbocycles. The lowest BCUT2D eigenvalue weighted by Gasteiger charge is -2.23. The predicted molar refractivity (Wildman–Crippen MR) is 101 cm³/mol. The summed E-state index contributed by atoms with van der Waals surface area (Å²) < 4.78 is 2.11. The predicted octanol–water partition coefficient (Wildman–Crippen LogP) is 2.64. The van der Waals surface area contributed by atoms with Crippen LogP contribution in [0.1, 0.15) is 43.5 Å². The third kappa shape index (κ3) is 3.95. The van der Waals surface area contributed by atoms with Gasteiger partial charge in [-0.3, -0.25) is 14.9 Å². The third-order valence-corrected chi connectivity index (χ3v) is 5.06. The molecule has 26 heavy (non-hydrogen) atoms. The van der Waals surface area contributed by atoms with Crippen LogP contribution in [0.2, 0.25) is 0 Å². The van der Waals surface area contributed by atoms with Crippen LogP contribution >= 0.6 is 0 Å². The lowest BCUT2D eigenvalue weighted by atomic mass is 9.93. The van der Waals surface area contributed by atoms with Crippen molar-refractivity contribution in [2.75, 3.05) is 0 Å². The fourth-order valence-corrected chi connectivity index (χ4v) is 3.07. The van der Waals surface area contributed by atoms with Gasteiger partial charge in [0.1, 0.15) is 11.9 Å². The Balaban J connectivity index is 0.000000152. The van der Waals surface area contributed by atoms with Crippen molar-refractivity contribution >= 4 is 22.8 Å². The zero-order chi connectivity index (χ0) is 18.7. The van der Waals surface area contributed by atoms with E-state index in [0.29, 0.717) is 12.8 Å². The van der Waals surface area contributed by atoms with E-state index in [0.717, 1.165) is 24.2 Å². The first-order valence-corrected chi connectivity index (χ1v) is 9.12. The highest BCUT2D eigenvalue weighted by Gasteiger charge is 2.25. The minimum absolute atomic E-state index is 0.163. The SMILES string of the molecule is Cc1cccc2c1nc(C)n2C.O=C1CCC(NC=C2CCC2)C(=O)N1. The van der Waals surface area contributed by atoms with Crippen LogP contribution in [0.3, 0.4) is 0 Å². The van der Waals surface area contributed by atoms with Gasteiger partial charge in [0.05, 0.1) is 11.0 Å². The Labute approximate surface area is 153 Å². The largest absolute Gasteiger partial charge is 0.380 e. The van der Waals surface area contributed by atoms with Crippen LogP contribution < -0.4 is 10.6 Å². The number of amides is 2. The molecule has 1 aromatic heterocycles. The second-order valence-electron chi connectivity index (χ2n) is 6.99. The summed E-state index contributed by atoms with van der Waals surface area (Å²) in [5.41, 5.74) is 4.95. The first-order chi connectivity index (χ1) is 12.5. The number of nitrogens with one attached hydrogen (secondary N) is 2. The molecular formula is C20H26N4O2. The van der Waals surface area contributed by atoms with Gasteiger partial charge in [0.2, 0.25) is 11.8 Å². The van der Waals surface area contributed by atoms with E-state index < -0.39 is 0 Å².